The predicted molar refractivity (Wildman–Crippen MR) is 105 cm³/mol. The van der Waals surface area contributed by atoms with Crippen molar-refractivity contribution in [3.8, 4) is 0 Å². The van der Waals surface area contributed by atoms with E-state index in [1.807, 2.05) is 18.2 Å². The number of nitrogens with zero attached hydrogens (tertiary/aromatic N) is 1. The molecular formula is C20H27ClN2O5. The van der Waals surface area contributed by atoms with Gasteiger partial charge in [-0.1, -0.05) is 23.7 Å². The minimum absolute atomic E-state index is 0.204. The third-order valence-electron chi connectivity index (χ3n) is 4.69. The minimum Gasteiger partial charge on any atom is -0.466 e. The van der Waals surface area contributed by atoms with Gasteiger partial charge in [0.1, 0.15) is 6.54 Å². The third-order valence-corrected chi connectivity index (χ3v) is 4.93. The fraction of sp³-hybridized carbons (Fsp3) is 0.550. The summed E-state index contributed by atoms with van der Waals surface area (Å²) in [5.41, 5.74) is 0.0644. The smallest absolute Gasteiger partial charge is 0.325 e. The number of esters is 2. The maximum atomic E-state index is 12.8. The fourth-order valence-electron chi connectivity index (χ4n) is 3.48. The molecule has 0 aromatic heterocycles. The van der Waals surface area contributed by atoms with Crippen LogP contribution in [0.3, 0.4) is 0 Å². The Morgan fingerprint density at radius 2 is 1.96 bits per heavy atom. The Kier molecular flexibility index (Phi) is 8.11. The van der Waals surface area contributed by atoms with Gasteiger partial charge in [0, 0.05) is 18.1 Å². The predicted octanol–water partition coefficient (Wildman–Crippen LogP) is 2.80. The van der Waals surface area contributed by atoms with Crippen LogP contribution in [0.4, 0.5) is 4.79 Å². The highest BCUT2D eigenvalue weighted by Crippen LogP contribution is 2.36. The number of piperidine rings is 1. The number of hydrogen-bond donors (Lipinski definition) is 1. The first-order valence-corrected chi connectivity index (χ1v) is 9.88. The number of nitrogens with one attached hydrogen (secondary N) is 1. The normalized spacial score (nSPS) is 19.0. The number of urea groups is 1. The minimum atomic E-state index is -0.847. The largest absolute Gasteiger partial charge is 0.466 e. The number of ether oxygens (including phenoxy) is 2. The van der Waals surface area contributed by atoms with Crippen molar-refractivity contribution in [3.63, 3.8) is 0 Å². The second-order valence-corrected chi connectivity index (χ2v) is 7.23. The molecule has 1 aromatic carbocycles. The van der Waals surface area contributed by atoms with Gasteiger partial charge >= 0.3 is 18.0 Å². The summed E-state index contributed by atoms with van der Waals surface area (Å²) in [6.07, 6.45) is 1.69. The summed E-state index contributed by atoms with van der Waals surface area (Å²) in [7, 11) is 0. The number of halogens is 1. The molecule has 2 rings (SSSR count). The second-order valence-electron chi connectivity index (χ2n) is 6.80. The van der Waals surface area contributed by atoms with Crippen LogP contribution in [0.15, 0.2) is 24.3 Å². The van der Waals surface area contributed by atoms with Gasteiger partial charge in [-0.15, -0.1) is 0 Å². The molecule has 7 nitrogen and oxygen atoms in total. The number of hydrogen-bond acceptors (Lipinski definition) is 5. The zero-order chi connectivity index (χ0) is 20.6. The number of carbonyl (C=O) groups is 3. The van der Waals surface area contributed by atoms with E-state index in [4.69, 9.17) is 21.1 Å². The van der Waals surface area contributed by atoms with E-state index in [1.165, 1.54) is 0 Å². The number of likely N-dealkylation sites (tertiary alicyclic amines) is 1. The molecular weight excluding hydrogens is 384 g/mol. The number of carbonyl (C=O) groups excluding carboxylic acids is 3. The second kappa shape index (κ2) is 10.3. The van der Waals surface area contributed by atoms with E-state index in [1.54, 1.807) is 24.8 Å². The lowest BCUT2D eigenvalue weighted by atomic mass is 9.75. The molecule has 154 valence electrons. The van der Waals surface area contributed by atoms with Crippen LogP contribution in [0.5, 0.6) is 0 Å². The molecule has 1 heterocycles. The van der Waals surface area contributed by atoms with Gasteiger partial charge in [0.25, 0.3) is 0 Å². The Bertz CT molecular complexity index is 712. The van der Waals surface area contributed by atoms with E-state index in [-0.39, 0.29) is 32.3 Å². The summed E-state index contributed by atoms with van der Waals surface area (Å²) in [4.78, 5) is 38.4. The molecule has 1 aromatic rings. The van der Waals surface area contributed by atoms with Gasteiger partial charge in [-0.05, 0) is 50.8 Å². The maximum Gasteiger partial charge on any atom is 0.325 e. The molecule has 1 aliphatic heterocycles. The van der Waals surface area contributed by atoms with E-state index in [2.05, 4.69) is 5.32 Å². The van der Waals surface area contributed by atoms with Gasteiger partial charge in [0.15, 0.2) is 0 Å². The first-order valence-electron chi connectivity index (χ1n) is 9.50. The molecule has 28 heavy (non-hydrogen) atoms. The van der Waals surface area contributed by atoms with Crippen LogP contribution in [-0.4, -0.2) is 55.7 Å². The van der Waals surface area contributed by atoms with Gasteiger partial charge < -0.3 is 19.7 Å². The van der Waals surface area contributed by atoms with Crippen LogP contribution >= 0.6 is 11.6 Å². The molecule has 1 atom stereocenters. The van der Waals surface area contributed by atoms with E-state index in [0.29, 0.717) is 30.8 Å². The summed E-state index contributed by atoms with van der Waals surface area (Å²) in [6, 6.07) is 6.95. The Morgan fingerprint density at radius 3 is 2.64 bits per heavy atom. The standard InChI is InChI=1S/C20H27ClN2O5/c1-3-27-17(24)13-22-19(26)23-10-6-9-20(14-23,18(25)28-4-2)12-15-7-5-8-16(21)11-15/h5,7-8,11H,3-4,6,9-10,12-14H2,1-2H3,(H,22,26)/t20-/m1/s1. The van der Waals surface area contributed by atoms with Crippen molar-refractivity contribution in [1.82, 2.24) is 10.2 Å². The van der Waals surface area contributed by atoms with Crippen LogP contribution in [0, 0.1) is 5.41 Å². The molecule has 1 fully saturated rings. The van der Waals surface area contributed by atoms with E-state index in [0.717, 1.165) is 5.56 Å². The summed E-state index contributed by atoms with van der Waals surface area (Å²) in [6.45, 7) is 4.50. The number of amides is 2. The highest BCUT2D eigenvalue weighted by atomic mass is 35.5. The van der Waals surface area contributed by atoms with Gasteiger partial charge in [0.05, 0.1) is 18.6 Å². The first kappa shape index (κ1) is 22.0. The molecule has 0 saturated carbocycles. The highest BCUT2D eigenvalue weighted by Gasteiger charge is 2.44. The lowest BCUT2D eigenvalue weighted by Crippen LogP contribution is -2.54. The molecule has 1 N–H and O–H groups in total. The van der Waals surface area contributed by atoms with E-state index in [9.17, 15) is 14.4 Å². The molecule has 0 aliphatic carbocycles. The lowest BCUT2D eigenvalue weighted by Gasteiger charge is -2.41. The van der Waals surface area contributed by atoms with Crippen molar-refractivity contribution in [1.29, 1.82) is 0 Å². The van der Waals surface area contributed by atoms with Gasteiger partial charge in [-0.3, -0.25) is 9.59 Å². The zero-order valence-corrected chi connectivity index (χ0v) is 17.1. The van der Waals surface area contributed by atoms with E-state index >= 15 is 0 Å². The van der Waals surface area contributed by atoms with Crippen LogP contribution in [0.2, 0.25) is 5.02 Å². The van der Waals surface area contributed by atoms with Crippen molar-refractivity contribution in [2.75, 3.05) is 32.8 Å². The average molecular weight is 411 g/mol. The number of rotatable bonds is 7. The zero-order valence-electron chi connectivity index (χ0n) is 16.3. The fourth-order valence-corrected chi connectivity index (χ4v) is 3.69. The van der Waals surface area contributed by atoms with Crippen molar-refractivity contribution < 1.29 is 23.9 Å². The summed E-state index contributed by atoms with van der Waals surface area (Å²) < 4.78 is 10.2. The SMILES string of the molecule is CCOC(=O)CNC(=O)N1CCC[C@](Cc2cccc(Cl)c2)(C(=O)OCC)C1. The molecule has 0 spiro atoms. The van der Waals surface area contributed by atoms with Crippen molar-refractivity contribution >= 4 is 29.6 Å². The van der Waals surface area contributed by atoms with Gasteiger partial charge in [0.2, 0.25) is 0 Å². The van der Waals surface area contributed by atoms with E-state index < -0.39 is 17.4 Å². The van der Waals surface area contributed by atoms with Gasteiger partial charge in [-0.2, -0.15) is 0 Å². The summed E-state index contributed by atoms with van der Waals surface area (Å²) in [5, 5.41) is 3.15. The Balaban J connectivity index is 2.14. The first-order chi connectivity index (χ1) is 13.4. The Labute approximate surface area is 170 Å². The third kappa shape index (κ3) is 5.86. The van der Waals surface area contributed by atoms with Crippen LogP contribution < -0.4 is 5.32 Å². The maximum absolute atomic E-state index is 12.8. The van der Waals surface area contributed by atoms with Crippen molar-refractivity contribution in [3.05, 3.63) is 34.9 Å². The van der Waals surface area contributed by atoms with Gasteiger partial charge in [-0.25, -0.2) is 4.79 Å². The van der Waals surface area contributed by atoms with Crippen molar-refractivity contribution in [2.24, 2.45) is 5.41 Å². The molecule has 2 amide bonds. The molecule has 0 unspecified atom stereocenters. The quantitative estimate of drug-likeness (QED) is 0.698. The topological polar surface area (TPSA) is 84.9 Å². The molecule has 1 aliphatic rings. The Hall–Kier alpha value is -2.28. The van der Waals surface area contributed by atoms with Crippen LogP contribution in [0.25, 0.3) is 0 Å². The van der Waals surface area contributed by atoms with Crippen LogP contribution in [-0.2, 0) is 25.5 Å². The average Bonchev–Trinajstić information content (AvgIpc) is 2.66. The monoisotopic (exact) mass is 410 g/mol. The summed E-state index contributed by atoms with van der Waals surface area (Å²) in [5.74, 6) is -0.818. The number of benzene rings is 1. The van der Waals surface area contributed by atoms with Crippen molar-refractivity contribution in [2.45, 2.75) is 33.1 Å². The molecule has 8 heteroatoms. The molecule has 0 bridgehead atoms. The lowest BCUT2D eigenvalue weighted by molar-refractivity contribution is -0.158. The van der Waals surface area contributed by atoms with Crippen LogP contribution in [0.1, 0.15) is 32.3 Å². The molecule has 0 radical (unpaired) electrons. The highest BCUT2D eigenvalue weighted by molar-refractivity contribution is 6.30. The Morgan fingerprint density at radius 1 is 1.21 bits per heavy atom. The molecule has 1 saturated heterocycles. The summed E-state index contributed by atoms with van der Waals surface area (Å²) >= 11 is 6.09.